The number of morpholine rings is 1. The van der Waals surface area contributed by atoms with E-state index in [0.717, 1.165) is 38.8 Å². The second kappa shape index (κ2) is 6.69. The van der Waals surface area contributed by atoms with Crippen molar-refractivity contribution < 1.29 is 9.13 Å². The van der Waals surface area contributed by atoms with Gasteiger partial charge in [0.25, 0.3) is 0 Å². The molecule has 5 unspecified atom stereocenters. The van der Waals surface area contributed by atoms with Crippen molar-refractivity contribution in [1.82, 2.24) is 20.4 Å². The Kier molecular flexibility index (Phi) is 4.64. The number of nitrogens with one attached hydrogen (secondary N) is 2. The summed E-state index contributed by atoms with van der Waals surface area (Å²) in [5.41, 5.74) is 0. The van der Waals surface area contributed by atoms with E-state index in [1.807, 2.05) is 0 Å². The van der Waals surface area contributed by atoms with Crippen LogP contribution in [0, 0.1) is 5.92 Å². The van der Waals surface area contributed by atoms with Gasteiger partial charge in [-0.15, -0.1) is 0 Å². The first kappa shape index (κ1) is 15.3. The van der Waals surface area contributed by atoms with E-state index in [-0.39, 0.29) is 12.5 Å². The van der Waals surface area contributed by atoms with Crippen LogP contribution >= 0.6 is 0 Å². The minimum Gasteiger partial charge on any atom is -0.379 e. The highest BCUT2D eigenvalue weighted by atomic mass is 19.1. The van der Waals surface area contributed by atoms with Gasteiger partial charge >= 0.3 is 0 Å². The summed E-state index contributed by atoms with van der Waals surface area (Å²) in [4.78, 5) is 4.79. The Bertz CT molecular complexity index is 379. The molecule has 4 rings (SSSR count). The molecule has 6 heteroatoms. The standard InChI is InChI=1S/C16H29FN4O/c17-13-11-18-16(20-7-9-22-10-8-20)19-15(13)21-6-5-12-3-1-2-4-14(12)21/h12-16,18-19H,1-11H2. The maximum atomic E-state index is 14.6. The van der Waals surface area contributed by atoms with Crippen LogP contribution in [-0.4, -0.2) is 73.9 Å². The van der Waals surface area contributed by atoms with Gasteiger partial charge in [0.15, 0.2) is 0 Å². The average Bonchev–Trinajstić information content (AvgIpc) is 3.00. The van der Waals surface area contributed by atoms with Gasteiger partial charge in [-0.3, -0.25) is 20.4 Å². The van der Waals surface area contributed by atoms with E-state index in [0.29, 0.717) is 12.6 Å². The van der Waals surface area contributed by atoms with Crippen molar-refractivity contribution in [1.29, 1.82) is 0 Å². The Balaban J connectivity index is 1.43. The zero-order chi connectivity index (χ0) is 14.9. The number of halogens is 1. The SMILES string of the molecule is FC1CNC(N2CCOCC2)NC1N1CCC2CCCCC21. The van der Waals surface area contributed by atoms with Crippen LogP contribution in [0.15, 0.2) is 0 Å². The number of fused-ring (bicyclic) bond motifs is 1. The number of likely N-dealkylation sites (tertiary alicyclic amines) is 1. The lowest BCUT2D eigenvalue weighted by Gasteiger charge is -2.46. The minimum atomic E-state index is -0.821. The largest absolute Gasteiger partial charge is 0.379 e. The van der Waals surface area contributed by atoms with E-state index in [2.05, 4.69) is 20.4 Å². The van der Waals surface area contributed by atoms with Gasteiger partial charge in [0.05, 0.1) is 19.4 Å². The van der Waals surface area contributed by atoms with Gasteiger partial charge in [-0.25, -0.2) is 4.39 Å². The molecule has 3 saturated heterocycles. The minimum absolute atomic E-state index is 0.0866. The number of ether oxygens (including phenoxy) is 1. The molecule has 2 N–H and O–H groups in total. The Morgan fingerprint density at radius 3 is 2.68 bits per heavy atom. The molecule has 126 valence electrons. The van der Waals surface area contributed by atoms with Crippen LogP contribution in [0.2, 0.25) is 0 Å². The molecule has 1 aliphatic carbocycles. The summed E-state index contributed by atoms with van der Waals surface area (Å²) in [6.07, 6.45) is 5.67. The highest BCUT2D eigenvalue weighted by Crippen LogP contribution is 2.37. The summed E-state index contributed by atoms with van der Waals surface area (Å²) in [6.45, 7) is 4.90. The van der Waals surface area contributed by atoms with Crippen LogP contribution in [-0.2, 0) is 4.74 Å². The van der Waals surface area contributed by atoms with E-state index < -0.39 is 6.17 Å². The molecule has 4 fully saturated rings. The van der Waals surface area contributed by atoms with Crippen LogP contribution in [0.5, 0.6) is 0 Å². The van der Waals surface area contributed by atoms with Crippen molar-refractivity contribution in [3.63, 3.8) is 0 Å². The Morgan fingerprint density at radius 1 is 1.00 bits per heavy atom. The quantitative estimate of drug-likeness (QED) is 0.786. The smallest absolute Gasteiger partial charge is 0.141 e. The third kappa shape index (κ3) is 2.91. The molecule has 0 aromatic rings. The number of nitrogens with zero attached hydrogens (tertiary/aromatic N) is 2. The van der Waals surface area contributed by atoms with Crippen molar-refractivity contribution in [2.75, 3.05) is 39.4 Å². The molecule has 0 aromatic heterocycles. The van der Waals surface area contributed by atoms with Gasteiger partial charge in [-0.1, -0.05) is 12.8 Å². The Hall–Kier alpha value is -0.270. The van der Waals surface area contributed by atoms with Gasteiger partial charge in [-0.2, -0.15) is 0 Å². The van der Waals surface area contributed by atoms with E-state index in [9.17, 15) is 4.39 Å². The average molecular weight is 312 g/mol. The fourth-order valence-corrected chi connectivity index (χ4v) is 4.82. The predicted octanol–water partition coefficient (Wildman–Crippen LogP) is 0.724. The fraction of sp³-hybridized carbons (Fsp3) is 1.00. The van der Waals surface area contributed by atoms with Gasteiger partial charge in [-0.05, 0) is 25.2 Å². The molecule has 0 radical (unpaired) electrons. The summed E-state index contributed by atoms with van der Waals surface area (Å²) >= 11 is 0. The topological polar surface area (TPSA) is 39.8 Å². The van der Waals surface area contributed by atoms with Crippen molar-refractivity contribution in [2.45, 2.75) is 56.8 Å². The number of alkyl halides is 1. The molecule has 5 atom stereocenters. The summed E-state index contributed by atoms with van der Waals surface area (Å²) in [5, 5.41) is 6.88. The molecule has 1 saturated carbocycles. The Morgan fingerprint density at radius 2 is 1.82 bits per heavy atom. The third-order valence-electron chi connectivity index (χ3n) is 6.00. The van der Waals surface area contributed by atoms with E-state index in [4.69, 9.17) is 4.74 Å². The summed E-state index contributed by atoms with van der Waals surface area (Å²) in [7, 11) is 0. The number of hydrogen-bond acceptors (Lipinski definition) is 5. The summed E-state index contributed by atoms with van der Waals surface area (Å²) in [6, 6.07) is 0.605. The van der Waals surface area contributed by atoms with Crippen LogP contribution in [0.3, 0.4) is 0 Å². The van der Waals surface area contributed by atoms with E-state index >= 15 is 0 Å². The first-order valence-corrected chi connectivity index (χ1v) is 9.04. The third-order valence-corrected chi connectivity index (χ3v) is 6.00. The molecule has 0 bridgehead atoms. The molecule has 0 aromatic carbocycles. The van der Waals surface area contributed by atoms with Crippen LogP contribution in [0.4, 0.5) is 4.39 Å². The predicted molar refractivity (Wildman–Crippen MR) is 83.1 cm³/mol. The fourth-order valence-electron chi connectivity index (χ4n) is 4.82. The summed E-state index contributed by atoms with van der Waals surface area (Å²) < 4.78 is 20.0. The molecular formula is C16H29FN4O. The highest BCUT2D eigenvalue weighted by molar-refractivity contribution is 4.97. The van der Waals surface area contributed by atoms with Gasteiger partial charge in [0.2, 0.25) is 0 Å². The first-order valence-electron chi connectivity index (χ1n) is 9.04. The van der Waals surface area contributed by atoms with E-state index in [1.54, 1.807) is 0 Å². The maximum Gasteiger partial charge on any atom is 0.141 e. The van der Waals surface area contributed by atoms with Crippen molar-refractivity contribution in [3.05, 3.63) is 0 Å². The molecular weight excluding hydrogens is 283 g/mol. The lowest BCUT2D eigenvalue weighted by atomic mass is 9.85. The van der Waals surface area contributed by atoms with Gasteiger partial charge in [0, 0.05) is 32.2 Å². The van der Waals surface area contributed by atoms with Crippen molar-refractivity contribution in [2.24, 2.45) is 5.92 Å². The molecule has 3 heterocycles. The number of rotatable bonds is 2. The summed E-state index contributed by atoms with van der Waals surface area (Å²) in [5.74, 6) is 0.805. The zero-order valence-electron chi connectivity index (χ0n) is 13.3. The molecule has 5 nitrogen and oxygen atoms in total. The lowest BCUT2D eigenvalue weighted by molar-refractivity contribution is -0.0500. The second-order valence-electron chi connectivity index (χ2n) is 7.23. The first-order chi connectivity index (χ1) is 10.8. The Labute approximate surface area is 132 Å². The van der Waals surface area contributed by atoms with Crippen molar-refractivity contribution >= 4 is 0 Å². The van der Waals surface area contributed by atoms with Crippen LogP contribution in [0.25, 0.3) is 0 Å². The van der Waals surface area contributed by atoms with E-state index in [1.165, 1.54) is 32.1 Å². The monoisotopic (exact) mass is 312 g/mol. The van der Waals surface area contributed by atoms with Gasteiger partial charge < -0.3 is 4.74 Å². The second-order valence-corrected chi connectivity index (χ2v) is 7.23. The van der Waals surface area contributed by atoms with Gasteiger partial charge in [0.1, 0.15) is 12.5 Å². The van der Waals surface area contributed by atoms with Crippen molar-refractivity contribution in [3.8, 4) is 0 Å². The molecule has 0 spiro atoms. The molecule has 4 aliphatic rings. The maximum absolute atomic E-state index is 14.6. The van der Waals surface area contributed by atoms with Crippen LogP contribution in [0.1, 0.15) is 32.1 Å². The number of hydrogen-bond donors (Lipinski definition) is 2. The molecule has 0 amide bonds. The molecule has 3 aliphatic heterocycles. The molecule has 22 heavy (non-hydrogen) atoms. The normalized spacial score (nSPS) is 44.9. The highest BCUT2D eigenvalue weighted by Gasteiger charge is 2.44. The lowest BCUT2D eigenvalue weighted by Crippen LogP contribution is -2.71. The zero-order valence-corrected chi connectivity index (χ0v) is 13.3. The van der Waals surface area contributed by atoms with Crippen LogP contribution < -0.4 is 10.6 Å².